The number of rotatable bonds is 4. The van der Waals surface area contributed by atoms with E-state index in [1.165, 1.54) is 25.7 Å². The van der Waals surface area contributed by atoms with Crippen molar-refractivity contribution in [2.45, 2.75) is 37.8 Å². The van der Waals surface area contributed by atoms with E-state index in [9.17, 15) is 0 Å². The van der Waals surface area contributed by atoms with E-state index in [-0.39, 0.29) is 0 Å². The van der Waals surface area contributed by atoms with Crippen LogP contribution in [0.4, 0.5) is 11.6 Å². The number of nitrogens with one attached hydrogen (secondary N) is 3. The highest BCUT2D eigenvalue weighted by Crippen LogP contribution is 2.29. The highest BCUT2D eigenvalue weighted by Gasteiger charge is 2.24. The Balaban J connectivity index is 1.65. The van der Waals surface area contributed by atoms with Crippen molar-refractivity contribution in [3.05, 3.63) is 24.3 Å². The Bertz CT molecular complexity index is 632. The standard InChI is InChI=1S/C16H21N5/c1-2-6-14-13(5-1)20-15(18-11-7-8-11)16(21-14)19-12-4-3-9-17-10-12/h1-2,5-6,11-12,17H,3-4,7-10H2,(H,18,20)(H,19,21)/t12-/m0/s1. The van der Waals surface area contributed by atoms with E-state index < -0.39 is 0 Å². The molecule has 0 spiro atoms. The fourth-order valence-corrected chi connectivity index (χ4v) is 2.79. The summed E-state index contributed by atoms with van der Waals surface area (Å²) in [7, 11) is 0. The van der Waals surface area contributed by atoms with Crippen LogP contribution in [0, 0.1) is 0 Å². The molecule has 5 heteroatoms. The molecule has 4 rings (SSSR count). The molecule has 110 valence electrons. The minimum atomic E-state index is 0.439. The number of benzene rings is 1. The van der Waals surface area contributed by atoms with Crippen molar-refractivity contribution in [1.82, 2.24) is 15.3 Å². The van der Waals surface area contributed by atoms with Gasteiger partial charge in [0.2, 0.25) is 0 Å². The maximum absolute atomic E-state index is 4.79. The van der Waals surface area contributed by atoms with Crippen molar-refractivity contribution < 1.29 is 0 Å². The molecule has 2 aromatic rings. The predicted molar refractivity (Wildman–Crippen MR) is 85.7 cm³/mol. The first-order valence-corrected chi connectivity index (χ1v) is 7.89. The Hall–Kier alpha value is -1.88. The first kappa shape index (κ1) is 12.8. The molecule has 2 heterocycles. The molecule has 1 aliphatic heterocycles. The third-order valence-corrected chi connectivity index (χ3v) is 4.13. The van der Waals surface area contributed by atoms with E-state index in [0.717, 1.165) is 35.8 Å². The first-order valence-electron chi connectivity index (χ1n) is 7.89. The van der Waals surface area contributed by atoms with Gasteiger partial charge >= 0.3 is 0 Å². The van der Waals surface area contributed by atoms with Crippen LogP contribution in [0.1, 0.15) is 25.7 Å². The topological polar surface area (TPSA) is 61.9 Å². The van der Waals surface area contributed by atoms with Gasteiger partial charge in [0, 0.05) is 18.6 Å². The van der Waals surface area contributed by atoms with Crippen molar-refractivity contribution in [1.29, 1.82) is 0 Å². The average Bonchev–Trinajstić information content (AvgIpc) is 3.33. The smallest absolute Gasteiger partial charge is 0.170 e. The van der Waals surface area contributed by atoms with Gasteiger partial charge in [-0.1, -0.05) is 12.1 Å². The van der Waals surface area contributed by atoms with Crippen molar-refractivity contribution in [2.24, 2.45) is 0 Å². The van der Waals surface area contributed by atoms with Crippen LogP contribution in [-0.2, 0) is 0 Å². The summed E-state index contributed by atoms with van der Waals surface area (Å²) >= 11 is 0. The molecular weight excluding hydrogens is 262 g/mol. The van der Waals surface area contributed by atoms with Gasteiger partial charge in [-0.15, -0.1) is 0 Å². The highest BCUT2D eigenvalue weighted by molar-refractivity contribution is 5.80. The van der Waals surface area contributed by atoms with Gasteiger partial charge < -0.3 is 16.0 Å². The summed E-state index contributed by atoms with van der Waals surface area (Å²) in [6, 6.07) is 9.08. The lowest BCUT2D eigenvalue weighted by Crippen LogP contribution is -2.38. The van der Waals surface area contributed by atoms with Crippen LogP contribution in [0.5, 0.6) is 0 Å². The number of hydrogen-bond acceptors (Lipinski definition) is 5. The zero-order valence-corrected chi connectivity index (χ0v) is 12.1. The number of para-hydroxylation sites is 2. The molecule has 1 saturated carbocycles. The summed E-state index contributed by atoms with van der Waals surface area (Å²) in [6.45, 7) is 2.12. The van der Waals surface area contributed by atoms with E-state index in [2.05, 4.69) is 16.0 Å². The Kier molecular flexibility index (Phi) is 3.35. The van der Waals surface area contributed by atoms with Gasteiger partial charge in [0.1, 0.15) is 0 Å². The molecule has 0 radical (unpaired) electrons. The third kappa shape index (κ3) is 2.93. The molecule has 5 nitrogen and oxygen atoms in total. The number of anilines is 2. The van der Waals surface area contributed by atoms with Gasteiger partial charge in [-0.2, -0.15) is 0 Å². The van der Waals surface area contributed by atoms with E-state index in [4.69, 9.17) is 9.97 Å². The number of aromatic nitrogens is 2. The van der Waals surface area contributed by atoms with E-state index in [1.807, 2.05) is 24.3 Å². The van der Waals surface area contributed by atoms with Gasteiger partial charge in [0.25, 0.3) is 0 Å². The Morgan fingerprint density at radius 3 is 2.14 bits per heavy atom. The second-order valence-corrected chi connectivity index (χ2v) is 6.02. The van der Waals surface area contributed by atoms with Gasteiger partial charge in [0.05, 0.1) is 11.0 Å². The second-order valence-electron chi connectivity index (χ2n) is 6.02. The molecule has 1 saturated heterocycles. The lowest BCUT2D eigenvalue weighted by atomic mass is 10.1. The number of piperidine rings is 1. The fraction of sp³-hybridized carbons (Fsp3) is 0.500. The largest absolute Gasteiger partial charge is 0.364 e. The maximum Gasteiger partial charge on any atom is 0.170 e. The van der Waals surface area contributed by atoms with Gasteiger partial charge in [-0.3, -0.25) is 0 Å². The maximum atomic E-state index is 4.79. The van der Waals surface area contributed by atoms with Gasteiger partial charge in [-0.25, -0.2) is 9.97 Å². The summed E-state index contributed by atoms with van der Waals surface area (Å²) < 4.78 is 0. The van der Waals surface area contributed by atoms with Crippen LogP contribution >= 0.6 is 0 Å². The molecule has 0 unspecified atom stereocenters. The minimum absolute atomic E-state index is 0.439. The third-order valence-electron chi connectivity index (χ3n) is 4.13. The molecule has 2 aliphatic rings. The summed E-state index contributed by atoms with van der Waals surface area (Å²) in [5.74, 6) is 1.80. The predicted octanol–water partition coefficient (Wildman–Crippen LogP) is 2.37. The van der Waals surface area contributed by atoms with Crippen LogP contribution in [-0.4, -0.2) is 35.1 Å². The minimum Gasteiger partial charge on any atom is -0.364 e. The van der Waals surface area contributed by atoms with Crippen molar-refractivity contribution >= 4 is 22.7 Å². The Labute approximate surface area is 124 Å². The second kappa shape index (κ2) is 5.48. The molecule has 3 N–H and O–H groups in total. The van der Waals surface area contributed by atoms with Crippen LogP contribution in [0.15, 0.2) is 24.3 Å². The number of fused-ring (bicyclic) bond motifs is 1. The lowest BCUT2D eigenvalue weighted by Gasteiger charge is -2.25. The van der Waals surface area contributed by atoms with Gasteiger partial charge in [0.15, 0.2) is 11.6 Å². The summed E-state index contributed by atoms with van der Waals surface area (Å²) in [5, 5.41) is 10.5. The average molecular weight is 283 g/mol. The molecule has 0 bridgehead atoms. The normalized spacial score (nSPS) is 22.2. The van der Waals surface area contributed by atoms with Gasteiger partial charge in [-0.05, 0) is 44.4 Å². The molecule has 2 fully saturated rings. The van der Waals surface area contributed by atoms with Crippen molar-refractivity contribution in [3.63, 3.8) is 0 Å². The monoisotopic (exact) mass is 283 g/mol. The van der Waals surface area contributed by atoms with Crippen molar-refractivity contribution in [2.75, 3.05) is 23.7 Å². The zero-order chi connectivity index (χ0) is 14.1. The quantitative estimate of drug-likeness (QED) is 0.804. The van der Waals surface area contributed by atoms with Crippen LogP contribution in [0.3, 0.4) is 0 Å². The Morgan fingerprint density at radius 1 is 0.905 bits per heavy atom. The van der Waals surface area contributed by atoms with Crippen LogP contribution in [0.2, 0.25) is 0 Å². The molecule has 0 amide bonds. The zero-order valence-electron chi connectivity index (χ0n) is 12.1. The summed E-state index contributed by atoms with van der Waals surface area (Å²) in [4.78, 5) is 9.55. The van der Waals surface area contributed by atoms with Crippen molar-refractivity contribution in [3.8, 4) is 0 Å². The SMILES string of the molecule is c1ccc2nc(N[C@H]3CCCNC3)c(NC3CC3)nc2c1. The van der Waals surface area contributed by atoms with Crippen LogP contribution in [0.25, 0.3) is 11.0 Å². The first-order chi connectivity index (χ1) is 10.4. The summed E-state index contributed by atoms with van der Waals surface area (Å²) in [6.07, 6.45) is 4.87. The highest BCUT2D eigenvalue weighted by atomic mass is 15.1. The van der Waals surface area contributed by atoms with E-state index in [0.29, 0.717) is 12.1 Å². The molecule has 21 heavy (non-hydrogen) atoms. The molecule has 1 atom stereocenters. The lowest BCUT2D eigenvalue weighted by molar-refractivity contribution is 0.479. The van der Waals surface area contributed by atoms with E-state index in [1.54, 1.807) is 0 Å². The summed E-state index contributed by atoms with van der Waals surface area (Å²) in [5.41, 5.74) is 1.90. The number of nitrogens with zero attached hydrogens (tertiary/aromatic N) is 2. The molecule has 1 aliphatic carbocycles. The molecule has 1 aromatic heterocycles. The molecular formula is C16H21N5. The van der Waals surface area contributed by atoms with E-state index >= 15 is 0 Å². The fourth-order valence-electron chi connectivity index (χ4n) is 2.79. The Morgan fingerprint density at radius 2 is 1.57 bits per heavy atom. The number of hydrogen-bond donors (Lipinski definition) is 3. The molecule has 1 aromatic carbocycles. The van der Waals surface area contributed by atoms with Crippen LogP contribution < -0.4 is 16.0 Å².